The van der Waals surface area contributed by atoms with E-state index in [-0.39, 0.29) is 5.91 Å². The van der Waals surface area contributed by atoms with Gasteiger partial charge in [-0.2, -0.15) is 0 Å². The van der Waals surface area contributed by atoms with E-state index >= 15 is 0 Å². The summed E-state index contributed by atoms with van der Waals surface area (Å²) in [6.07, 6.45) is 0. The Morgan fingerprint density at radius 3 is 2.74 bits per heavy atom. The van der Waals surface area contributed by atoms with Gasteiger partial charge in [-0.25, -0.2) is 0 Å². The Morgan fingerprint density at radius 1 is 1.26 bits per heavy atom. The number of rotatable bonds is 8. The zero-order chi connectivity index (χ0) is 19.2. The number of aromatic nitrogens is 2. The maximum Gasteiger partial charge on any atom is 0.267 e. The number of carbonyl (C=O) groups is 1. The van der Waals surface area contributed by atoms with E-state index in [2.05, 4.69) is 9.59 Å². The molecule has 2 heterocycles. The normalized spacial score (nSPS) is 10.6. The second-order valence-electron chi connectivity index (χ2n) is 5.86. The maximum atomic E-state index is 12.7. The first kappa shape index (κ1) is 19.3. The molecule has 0 aliphatic carbocycles. The van der Waals surface area contributed by atoms with E-state index in [0.717, 1.165) is 22.0 Å². The van der Waals surface area contributed by atoms with Crippen LogP contribution in [0.3, 0.4) is 0 Å². The van der Waals surface area contributed by atoms with E-state index in [4.69, 9.17) is 9.47 Å². The molecular formula is C19H21N3O3S2. The number of thiophene rings is 1. The van der Waals surface area contributed by atoms with Crippen LogP contribution in [0.15, 0.2) is 35.7 Å². The van der Waals surface area contributed by atoms with Crippen molar-refractivity contribution in [1.82, 2.24) is 14.5 Å². The molecule has 2 aromatic heterocycles. The Hall–Kier alpha value is -2.45. The molecule has 0 radical (unpaired) electrons. The number of methoxy groups -OCH3 is 1. The zero-order valence-corrected chi connectivity index (χ0v) is 17.1. The van der Waals surface area contributed by atoms with E-state index in [9.17, 15) is 4.79 Å². The van der Waals surface area contributed by atoms with Crippen LogP contribution in [0.2, 0.25) is 0 Å². The van der Waals surface area contributed by atoms with Crippen LogP contribution in [0.5, 0.6) is 11.5 Å². The molecule has 0 saturated heterocycles. The predicted molar refractivity (Wildman–Crippen MR) is 107 cm³/mol. The molecule has 0 atom stereocenters. The van der Waals surface area contributed by atoms with E-state index in [1.165, 1.54) is 0 Å². The van der Waals surface area contributed by atoms with Crippen molar-refractivity contribution >= 4 is 28.8 Å². The highest BCUT2D eigenvalue weighted by Gasteiger charge is 2.20. The van der Waals surface area contributed by atoms with Crippen molar-refractivity contribution in [2.24, 2.45) is 0 Å². The number of carbonyl (C=O) groups excluding carboxylic acids is 1. The molecule has 27 heavy (non-hydrogen) atoms. The molecule has 0 N–H and O–H groups in total. The number of ether oxygens (including phenoxy) is 2. The summed E-state index contributed by atoms with van der Waals surface area (Å²) in [5, 5.41) is 5.95. The van der Waals surface area contributed by atoms with Gasteiger partial charge in [-0.15, -0.1) is 16.4 Å². The topological polar surface area (TPSA) is 64.6 Å². The lowest BCUT2D eigenvalue weighted by Gasteiger charge is -2.21. The van der Waals surface area contributed by atoms with Gasteiger partial charge in [0.15, 0.2) is 11.5 Å². The molecule has 8 heteroatoms. The number of hydrogen-bond acceptors (Lipinski definition) is 7. The standard InChI is InChI=1S/C19H21N3O3S2/c1-4-22(19(23)18-13(2)20-21-27-18)11-14-7-8-16(17(10-14)24-3)25-12-15-6-5-9-26-15/h5-10H,4,11-12H2,1-3H3. The number of aryl methyl sites for hydroxylation is 1. The summed E-state index contributed by atoms with van der Waals surface area (Å²) in [7, 11) is 1.62. The lowest BCUT2D eigenvalue weighted by molar-refractivity contribution is 0.0756. The Balaban J connectivity index is 1.72. The van der Waals surface area contributed by atoms with Gasteiger partial charge in [0.25, 0.3) is 5.91 Å². The first-order chi connectivity index (χ1) is 13.1. The average Bonchev–Trinajstić information content (AvgIpc) is 3.35. The van der Waals surface area contributed by atoms with Crippen LogP contribution in [0.4, 0.5) is 0 Å². The molecule has 0 saturated carbocycles. The van der Waals surface area contributed by atoms with Crippen LogP contribution >= 0.6 is 22.9 Å². The third-order valence-electron chi connectivity index (χ3n) is 4.07. The van der Waals surface area contributed by atoms with Gasteiger partial charge >= 0.3 is 0 Å². The molecule has 0 bridgehead atoms. The maximum absolute atomic E-state index is 12.7. The lowest BCUT2D eigenvalue weighted by Crippen LogP contribution is -2.30. The van der Waals surface area contributed by atoms with Crippen LogP contribution in [0.1, 0.15) is 32.7 Å². The van der Waals surface area contributed by atoms with E-state index in [1.54, 1.807) is 30.3 Å². The van der Waals surface area contributed by atoms with Gasteiger partial charge in [0, 0.05) is 18.0 Å². The Bertz CT molecular complexity index is 894. The van der Waals surface area contributed by atoms with E-state index < -0.39 is 0 Å². The summed E-state index contributed by atoms with van der Waals surface area (Å²) in [5.74, 6) is 1.29. The molecule has 3 aromatic rings. The summed E-state index contributed by atoms with van der Waals surface area (Å²) < 4.78 is 15.2. The van der Waals surface area contributed by atoms with Crippen molar-refractivity contribution in [3.63, 3.8) is 0 Å². The lowest BCUT2D eigenvalue weighted by atomic mass is 10.1. The second kappa shape index (κ2) is 8.96. The van der Waals surface area contributed by atoms with Crippen molar-refractivity contribution in [3.8, 4) is 11.5 Å². The second-order valence-corrected chi connectivity index (χ2v) is 7.65. The van der Waals surface area contributed by atoms with Crippen LogP contribution in [-0.2, 0) is 13.2 Å². The summed E-state index contributed by atoms with van der Waals surface area (Å²) in [6, 6.07) is 9.80. The monoisotopic (exact) mass is 403 g/mol. The quantitative estimate of drug-likeness (QED) is 0.565. The minimum absolute atomic E-state index is 0.0537. The van der Waals surface area contributed by atoms with Crippen LogP contribution in [-0.4, -0.2) is 34.0 Å². The smallest absolute Gasteiger partial charge is 0.267 e. The fraction of sp³-hybridized carbons (Fsp3) is 0.316. The number of benzene rings is 1. The third-order valence-corrected chi connectivity index (χ3v) is 5.73. The molecule has 0 aliphatic heterocycles. The van der Waals surface area contributed by atoms with E-state index in [0.29, 0.717) is 41.8 Å². The van der Waals surface area contributed by atoms with Gasteiger partial charge in [0.1, 0.15) is 11.5 Å². The number of amides is 1. The molecule has 1 amide bonds. The van der Waals surface area contributed by atoms with Crippen molar-refractivity contribution in [2.75, 3.05) is 13.7 Å². The minimum atomic E-state index is -0.0537. The summed E-state index contributed by atoms with van der Waals surface area (Å²) in [5.41, 5.74) is 1.64. The molecule has 142 valence electrons. The van der Waals surface area contributed by atoms with Gasteiger partial charge in [0.05, 0.1) is 12.8 Å². The van der Waals surface area contributed by atoms with Gasteiger partial charge < -0.3 is 14.4 Å². The van der Waals surface area contributed by atoms with Gasteiger partial charge in [-0.3, -0.25) is 4.79 Å². The fourth-order valence-electron chi connectivity index (χ4n) is 2.59. The van der Waals surface area contributed by atoms with E-state index in [1.807, 2.05) is 42.6 Å². The highest BCUT2D eigenvalue weighted by Crippen LogP contribution is 2.30. The summed E-state index contributed by atoms with van der Waals surface area (Å²) >= 11 is 2.79. The molecule has 0 aliphatic rings. The Labute approximate surface area is 166 Å². The SMILES string of the molecule is CCN(Cc1ccc(OCc2cccs2)c(OC)c1)C(=O)c1snnc1C. The van der Waals surface area contributed by atoms with Gasteiger partial charge in [0.2, 0.25) is 0 Å². The average molecular weight is 404 g/mol. The van der Waals surface area contributed by atoms with Crippen LogP contribution in [0.25, 0.3) is 0 Å². The highest BCUT2D eigenvalue weighted by molar-refractivity contribution is 7.09. The Morgan fingerprint density at radius 2 is 2.11 bits per heavy atom. The largest absolute Gasteiger partial charge is 0.493 e. The molecule has 0 fully saturated rings. The van der Waals surface area contributed by atoms with Gasteiger partial charge in [-0.1, -0.05) is 16.6 Å². The Kier molecular flexibility index (Phi) is 6.41. The van der Waals surface area contributed by atoms with Crippen molar-refractivity contribution < 1.29 is 14.3 Å². The third kappa shape index (κ3) is 4.64. The van der Waals surface area contributed by atoms with Crippen LogP contribution < -0.4 is 9.47 Å². The summed E-state index contributed by atoms with van der Waals surface area (Å²) in [4.78, 5) is 16.2. The molecular weight excluding hydrogens is 382 g/mol. The molecule has 0 spiro atoms. The van der Waals surface area contributed by atoms with Crippen molar-refractivity contribution in [1.29, 1.82) is 0 Å². The number of hydrogen-bond donors (Lipinski definition) is 0. The van der Waals surface area contributed by atoms with Crippen LogP contribution in [0, 0.1) is 6.92 Å². The number of nitrogens with zero attached hydrogens (tertiary/aromatic N) is 3. The molecule has 0 unspecified atom stereocenters. The highest BCUT2D eigenvalue weighted by atomic mass is 32.1. The molecule has 6 nitrogen and oxygen atoms in total. The van der Waals surface area contributed by atoms with Crippen molar-refractivity contribution in [3.05, 3.63) is 56.7 Å². The molecule has 1 aromatic carbocycles. The minimum Gasteiger partial charge on any atom is -0.493 e. The van der Waals surface area contributed by atoms with Crippen molar-refractivity contribution in [2.45, 2.75) is 27.0 Å². The first-order valence-electron chi connectivity index (χ1n) is 8.52. The first-order valence-corrected chi connectivity index (χ1v) is 10.2. The fourth-order valence-corrected chi connectivity index (χ4v) is 3.83. The predicted octanol–water partition coefficient (Wildman–Crippen LogP) is 4.16. The molecule has 3 rings (SSSR count). The van der Waals surface area contributed by atoms with Gasteiger partial charge in [-0.05, 0) is 54.5 Å². The zero-order valence-electron chi connectivity index (χ0n) is 15.5. The summed E-state index contributed by atoms with van der Waals surface area (Å²) in [6.45, 7) is 5.33.